The van der Waals surface area contributed by atoms with Crippen LogP contribution in [0, 0.1) is 0 Å². The number of hydrogen-bond acceptors (Lipinski definition) is 1. The van der Waals surface area contributed by atoms with E-state index in [9.17, 15) is 0 Å². The second kappa shape index (κ2) is 3.52. The Morgan fingerprint density at radius 2 is 1.75 bits per heavy atom. The quantitative estimate of drug-likeness (QED) is 0.583. The van der Waals surface area contributed by atoms with Crippen LogP contribution >= 0.6 is 15.8 Å². The van der Waals surface area contributed by atoms with Crippen molar-refractivity contribution in [2.75, 3.05) is 14.1 Å². The van der Waals surface area contributed by atoms with E-state index in [0.717, 1.165) is 0 Å². The Labute approximate surface area is 60.5 Å². The largest absolute Gasteiger partial charge is 0.338 e. The molecular formula is C5H13BBrN. The molecule has 0 aliphatic carbocycles. The first kappa shape index (κ1) is 8.50. The molecule has 0 aliphatic rings. The summed E-state index contributed by atoms with van der Waals surface area (Å²) in [7, 11) is 4.14. The molecule has 0 aromatic carbocycles. The minimum Gasteiger partial charge on any atom is -0.338 e. The van der Waals surface area contributed by atoms with Gasteiger partial charge in [0.25, 0.3) is 0 Å². The van der Waals surface area contributed by atoms with Gasteiger partial charge in [-0.05, 0) is 19.9 Å². The molecule has 0 amide bonds. The summed E-state index contributed by atoms with van der Waals surface area (Å²) in [6.07, 6.45) is 0. The van der Waals surface area contributed by atoms with E-state index in [1.54, 1.807) is 0 Å². The van der Waals surface area contributed by atoms with Gasteiger partial charge in [0.05, 0.1) is 0 Å². The number of halogens is 1. The van der Waals surface area contributed by atoms with E-state index < -0.39 is 0 Å². The number of hydrogen-bond donors (Lipinski definition) is 0. The highest BCUT2D eigenvalue weighted by atomic mass is 79.9. The highest BCUT2D eigenvalue weighted by molar-refractivity contribution is 9.24. The molecule has 0 atom stereocenters. The second-order valence-electron chi connectivity index (χ2n) is 2.58. The zero-order valence-corrected chi connectivity index (χ0v) is 7.57. The van der Waals surface area contributed by atoms with Crippen molar-refractivity contribution in [3.05, 3.63) is 0 Å². The van der Waals surface area contributed by atoms with Crippen molar-refractivity contribution in [3.8, 4) is 0 Å². The summed E-state index contributed by atoms with van der Waals surface area (Å²) in [4.78, 5) is 2.16. The molecule has 0 rings (SSSR count). The SMILES string of the molecule is CC(C)B(Br)N(C)C. The zero-order valence-electron chi connectivity index (χ0n) is 5.98. The summed E-state index contributed by atoms with van der Waals surface area (Å²) in [5.74, 6) is 0.685. The van der Waals surface area contributed by atoms with Crippen molar-refractivity contribution in [1.29, 1.82) is 0 Å². The summed E-state index contributed by atoms with van der Waals surface area (Å²) in [6.45, 7) is 4.39. The Morgan fingerprint density at radius 3 is 1.75 bits per heavy atom. The van der Waals surface area contributed by atoms with Gasteiger partial charge in [-0.3, -0.25) is 0 Å². The van der Waals surface area contributed by atoms with Gasteiger partial charge in [-0.1, -0.05) is 13.8 Å². The Morgan fingerprint density at radius 1 is 1.38 bits per heavy atom. The third-order valence-electron chi connectivity index (χ3n) is 1.04. The lowest BCUT2D eigenvalue weighted by Gasteiger charge is -2.16. The molecular weight excluding hydrogens is 165 g/mol. The van der Waals surface area contributed by atoms with Crippen LogP contribution in [0.5, 0.6) is 0 Å². The molecule has 0 aliphatic heterocycles. The van der Waals surface area contributed by atoms with Crippen LogP contribution in [0.4, 0.5) is 0 Å². The summed E-state index contributed by atoms with van der Waals surface area (Å²) < 4.78 is 0. The van der Waals surface area contributed by atoms with Crippen LogP contribution < -0.4 is 0 Å². The summed E-state index contributed by atoms with van der Waals surface area (Å²) >= 11 is 3.53. The van der Waals surface area contributed by atoms with Gasteiger partial charge in [-0.15, -0.1) is 15.8 Å². The molecule has 0 spiro atoms. The van der Waals surface area contributed by atoms with Crippen molar-refractivity contribution in [2.45, 2.75) is 19.7 Å². The number of rotatable bonds is 2. The van der Waals surface area contributed by atoms with Gasteiger partial charge in [-0.25, -0.2) is 0 Å². The van der Waals surface area contributed by atoms with Crippen molar-refractivity contribution in [2.24, 2.45) is 0 Å². The first-order valence-electron chi connectivity index (χ1n) is 2.86. The monoisotopic (exact) mass is 177 g/mol. The van der Waals surface area contributed by atoms with Crippen molar-refractivity contribution in [1.82, 2.24) is 4.81 Å². The fourth-order valence-corrected chi connectivity index (χ4v) is 0.596. The van der Waals surface area contributed by atoms with Gasteiger partial charge in [0, 0.05) is 0 Å². The number of nitrogens with zero attached hydrogens (tertiary/aromatic N) is 1. The average molecular weight is 178 g/mol. The molecule has 0 heterocycles. The topological polar surface area (TPSA) is 3.24 Å². The van der Waals surface area contributed by atoms with E-state index in [2.05, 4.69) is 48.5 Å². The van der Waals surface area contributed by atoms with Crippen molar-refractivity contribution in [3.63, 3.8) is 0 Å². The standard InChI is InChI=1S/C5H13BBrN/c1-5(2)6(7)8(3)4/h5H,1-4H3. The second-order valence-corrected chi connectivity index (χ2v) is 3.52. The Kier molecular flexibility index (Phi) is 3.74. The molecule has 0 N–H and O–H groups in total. The van der Waals surface area contributed by atoms with Crippen LogP contribution in [-0.2, 0) is 0 Å². The highest BCUT2D eigenvalue weighted by Gasteiger charge is 2.16. The summed E-state index contributed by atoms with van der Waals surface area (Å²) in [6, 6.07) is 0. The molecule has 0 unspecified atom stereocenters. The predicted molar refractivity (Wildman–Crippen MR) is 43.5 cm³/mol. The van der Waals surface area contributed by atoms with Gasteiger partial charge in [0.2, 0.25) is 0 Å². The summed E-state index contributed by atoms with van der Waals surface area (Å²) in [5.41, 5.74) is 0.516. The van der Waals surface area contributed by atoms with E-state index in [1.165, 1.54) is 0 Å². The van der Waals surface area contributed by atoms with Gasteiger partial charge >= 0.3 is 5.67 Å². The zero-order chi connectivity index (χ0) is 6.73. The molecule has 0 aromatic rings. The molecule has 8 heavy (non-hydrogen) atoms. The third-order valence-corrected chi connectivity index (χ3v) is 2.92. The van der Waals surface area contributed by atoms with E-state index in [4.69, 9.17) is 0 Å². The fourth-order valence-electron chi connectivity index (χ4n) is 0.596. The molecule has 0 aromatic heterocycles. The van der Waals surface area contributed by atoms with Gasteiger partial charge < -0.3 is 4.81 Å². The van der Waals surface area contributed by atoms with Crippen LogP contribution in [0.25, 0.3) is 0 Å². The maximum Gasteiger partial charge on any atom is 0.304 e. The van der Waals surface area contributed by atoms with Crippen molar-refractivity contribution >= 4 is 21.4 Å². The minimum atomic E-state index is 0.516. The van der Waals surface area contributed by atoms with Gasteiger partial charge in [0.15, 0.2) is 0 Å². The molecule has 0 saturated heterocycles. The van der Waals surface area contributed by atoms with Crippen LogP contribution in [0.1, 0.15) is 13.8 Å². The molecule has 3 heteroatoms. The molecule has 48 valence electrons. The lowest BCUT2D eigenvalue weighted by Crippen LogP contribution is -2.29. The fraction of sp³-hybridized carbons (Fsp3) is 1.00. The van der Waals surface area contributed by atoms with Crippen LogP contribution in [-0.4, -0.2) is 24.6 Å². The first-order valence-corrected chi connectivity index (χ1v) is 3.77. The maximum atomic E-state index is 3.53. The molecule has 0 fully saturated rings. The minimum absolute atomic E-state index is 0.516. The highest BCUT2D eigenvalue weighted by Crippen LogP contribution is 2.13. The summed E-state index contributed by atoms with van der Waals surface area (Å²) in [5, 5.41) is 0. The normalized spacial score (nSPS) is 10.9. The van der Waals surface area contributed by atoms with Gasteiger partial charge in [-0.2, -0.15) is 0 Å². The lowest BCUT2D eigenvalue weighted by atomic mass is 9.76. The van der Waals surface area contributed by atoms with Crippen LogP contribution in [0.2, 0.25) is 5.82 Å². The van der Waals surface area contributed by atoms with Gasteiger partial charge in [0.1, 0.15) is 0 Å². The molecule has 1 nitrogen and oxygen atoms in total. The molecule has 0 bridgehead atoms. The van der Waals surface area contributed by atoms with Crippen LogP contribution in [0.3, 0.4) is 0 Å². The van der Waals surface area contributed by atoms with E-state index in [-0.39, 0.29) is 0 Å². The maximum absolute atomic E-state index is 3.53. The lowest BCUT2D eigenvalue weighted by molar-refractivity contribution is 0.641. The predicted octanol–water partition coefficient (Wildman–Crippen LogP) is 1.84. The molecule has 0 saturated carbocycles. The van der Waals surface area contributed by atoms with E-state index in [0.29, 0.717) is 11.5 Å². The Hall–Kier alpha value is 0.505. The Bertz CT molecular complexity index is 57.4. The average Bonchev–Trinajstić information content (AvgIpc) is 1.64. The smallest absolute Gasteiger partial charge is 0.304 e. The van der Waals surface area contributed by atoms with E-state index >= 15 is 0 Å². The Balaban J connectivity index is 3.46. The van der Waals surface area contributed by atoms with Crippen LogP contribution in [0.15, 0.2) is 0 Å². The molecule has 0 radical (unpaired) electrons. The van der Waals surface area contributed by atoms with E-state index in [1.807, 2.05) is 0 Å². The first-order chi connectivity index (χ1) is 3.55. The van der Waals surface area contributed by atoms with Crippen molar-refractivity contribution < 1.29 is 0 Å². The third kappa shape index (κ3) is 2.73.